The Morgan fingerprint density at radius 1 is 1.00 bits per heavy atom. The lowest BCUT2D eigenvalue weighted by Gasteiger charge is -2.09. The van der Waals surface area contributed by atoms with E-state index in [0.717, 1.165) is 12.0 Å². The van der Waals surface area contributed by atoms with Crippen molar-refractivity contribution in [2.24, 2.45) is 0 Å². The van der Waals surface area contributed by atoms with Crippen molar-refractivity contribution in [2.45, 2.75) is 11.8 Å². The van der Waals surface area contributed by atoms with Crippen LogP contribution in [0, 0.1) is 0 Å². The van der Waals surface area contributed by atoms with Gasteiger partial charge < -0.3 is 4.42 Å². The van der Waals surface area contributed by atoms with Crippen LogP contribution < -0.4 is 0 Å². The van der Waals surface area contributed by atoms with E-state index in [1.807, 2.05) is 18.2 Å². The number of alkyl halides is 1. The van der Waals surface area contributed by atoms with Crippen LogP contribution in [0.5, 0.6) is 0 Å². The fourth-order valence-electron chi connectivity index (χ4n) is 2.21. The van der Waals surface area contributed by atoms with Crippen molar-refractivity contribution in [1.82, 2.24) is 0 Å². The summed E-state index contributed by atoms with van der Waals surface area (Å²) in [6, 6.07) is 16.5. The molecule has 2 aromatic carbocycles. The maximum Gasteiger partial charge on any atom is 0.197 e. The van der Waals surface area contributed by atoms with Crippen LogP contribution in [0.4, 0.5) is 0 Å². The molecule has 3 heteroatoms. The lowest BCUT2D eigenvalue weighted by molar-refractivity contribution is 0.565. The number of furan rings is 1. The van der Waals surface area contributed by atoms with Gasteiger partial charge in [-0.1, -0.05) is 42.5 Å². The average molecular weight is 291 g/mol. The van der Waals surface area contributed by atoms with Gasteiger partial charge in [-0.25, -0.2) is 0 Å². The first kappa shape index (κ1) is 12.6. The number of hydrogen-bond donors (Lipinski definition) is 0. The van der Waals surface area contributed by atoms with Gasteiger partial charge in [-0.05, 0) is 40.4 Å². The zero-order chi connectivity index (χ0) is 13.2. The van der Waals surface area contributed by atoms with Crippen LogP contribution in [-0.4, -0.2) is 0 Å². The van der Waals surface area contributed by atoms with Crippen LogP contribution in [0.2, 0.25) is 5.22 Å². The molecule has 0 fully saturated rings. The lowest BCUT2D eigenvalue weighted by atomic mass is 10.0. The Bertz CT molecular complexity index is 703. The molecule has 0 amide bonds. The van der Waals surface area contributed by atoms with E-state index in [0.29, 0.717) is 5.22 Å². The number of rotatable bonds is 3. The molecule has 0 N–H and O–H groups in total. The molecule has 0 aliphatic rings. The monoisotopic (exact) mass is 290 g/mol. The molecule has 0 spiro atoms. The SMILES string of the molecule is Clc1occc1C(Cl)Cc1ccc2ccccc2c1. The molecule has 96 valence electrons. The third-order valence-corrected chi connectivity index (χ3v) is 3.91. The highest BCUT2D eigenvalue weighted by atomic mass is 35.5. The largest absolute Gasteiger partial charge is 0.453 e. The molecule has 1 atom stereocenters. The Morgan fingerprint density at radius 2 is 1.79 bits per heavy atom. The molecule has 0 saturated heterocycles. The minimum Gasteiger partial charge on any atom is -0.453 e. The fraction of sp³-hybridized carbons (Fsp3) is 0.125. The molecule has 1 aromatic heterocycles. The van der Waals surface area contributed by atoms with Gasteiger partial charge in [0.25, 0.3) is 0 Å². The third kappa shape index (κ3) is 2.63. The highest BCUT2D eigenvalue weighted by molar-refractivity contribution is 6.31. The molecule has 0 aliphatic heterocycles. The van der Waals surface area contributed by atoms with Crippen molar-refractivity contribution in [2.75, 3.05) is 0 Å². The Labute approximate surface area is 121 Å². The topological polar surface area (TPSA) is 13.1 Å². The van der Waals surface area contributed by atoms with E-state index < -0.39 is 0 Å². The molecule has 1 nitrogen and oxygen atoms in total. The number of halogens is 2. The van der Waals surface area contributed by atoms with Crippen LogP contribution in [0.3, 0.4) is 0 Å². The summed E-state index contributed by atoms with van der Waals surface area (Å²) in [5.74, 6) is 0. The van der Waals surface area contributed by atoms with Crippen LogP contribution in [0.1, 0.15) is 16.5 Å². The summed E-state index contributed by atoms with van der Waals surface area (Å²) in [4.78, 5) is 0. The van der Waals surface area contributed by atoms with Gasteiger partial charge in [-0.2, -0.15) is 0 Å². The molecule has 0 radical (unpaired) electrons. The zero-order valence-corrected chi connectivity index (χ0v) is 11.7. The summed E-state index contributed by atoms with van der Waals surface area (Å²) in [5, 5.41) is 2.66. The van der Waals surface area contributed by atoms with Crippen molar-refractivity contribution in [3.8, 4) is 0 Å². The van der Waals surface area contributed by atoms with Gasteiger partial charge in [0.05, 0.1) is 11.6 Å². The molecular weight excluding hydrogens is 279 g/mol. The molecule has 0 aliphatic carbocycles. The minimum atomic E-state index is -0.174. The predicted molar refractivity (Wildman–Crippen MR) is 80.0 cm³/mol. The van der Waals surface area contributed by atoms with E-state index >= 15 is 0 Å². The molecule has 3 rings (SSSR count). The van der Waals surface area contributed by atoms with Gasteiger partial charge in [-0.15, -0.1) is 11.6 Å². The van der Waals surface area contributed by atoms with E-state index in [1.54, 1.807) is 6.26 Å². The number of benzene rings is 2. The van der Waals surface area contributed by atoms with Gasteiger partial charge in [-0.3, -0.25) is 0 Å². The summed E-state index contributed by atoms with van der Waals surface area (Å²) < 4.78 is 5.07. The first-order valence-corrected chi connectivity index (χ1v) is 6.90. The zero-order valence-electron chi connectivity index (χ0n) is 10.1. The van der Waals surface area contributed by atoms with Gasteiger partial charge >= 0.3 is 0 Å². The van der Waals surface area contributed by atoms with E-state index in [1.165, 1.54) is 16.3 Å². The summed E-state index contributed by atoms with van der Waals surface area (Å²) >= 11 is 12.3. The Balaban J connectivity index is 1.87. The van der Waals surface area contributed by atoms with Crippen molar-refractivity contribution in [1.29, 1.82) is 0 Å². The Hall–Kier alpha value is -1.44. The van der Waals surface area contributed by atoms with E-state index in [4.69, 9.17) is 27.6 Å². The molecule has 0 bridgehead atoms. The summed E-state index contributed by atoms with van der Waals surface area (Å²) in [6.45, 7) is 0. The maximum atomic E-state index is 6.39. The van der Waals surface area contributed by atoms with Crippen LogP contribution in [0.15, 0.2) is 59.2 Å². The predicted octanol–water partition coefficient (Wildman–Crippen LogP) is 5.61. The van der Waals surface area contributed by atoms with Crippen molar-refractivity contribution < 1.29 is 4.42 Å². The second-order valence-electron chi connectivity index (χ2n) is 4.50. The van der Waals surface area contributed by atoms with Crippen LogP contribution in [-0.2, 0) is 6.42 Å². The van der Waals surface area contributed by atoms with Crippen LogP contribution >= 0.6 is 23.2 Å². The van der Waals surface area contributed by atoms with Crippen molar-refractivity contribution >= 4 is 34.0 Å². The van der Waals surface area contributed by atoms with Gasteiger partial charge in [0.15, 0.2) is 5.22 Å². The molecule has 1 heterocycles. The first-order chi connectivity index (χ1) is 9.24. The summed E-state index contributed by atoms with van der Waals surface area (Å²) in [7, 11) is 0. The van der Waals surface area contributed by atoms with Crippen molar-refractivity contribution in [3.05, 3.63) is 71.1 Å². The molecule has 0 saturated carbocycles. The smallest absolute Gasteiger partial charge is 0.197 e. The van der Waals surface area contributed by atoms with Gasteiger partial charge in [0, 0.05) is 5.56 Å². The minimum absolute atomic E-state index is 0.174. The van der Waals surface area contributed by atoms with E-state index in [-0.39, 0.29) is 5.38 Å². The normalized spacial score (nSPS) is 12.7. The third-order valence-electron chi connectivity index (χ3n) is 3.21. The molecule has 19 heavy (non-hydrogen) atoms. The summed E-state index contributed by atoms with van der Waals surface area (Å²) in [6.07, 6.45) is 2.29. The molecule has 3 aromatic rings. The maximum absolute atomic E-state index is 6.39. The van der Waals surface area contributed by atoms with Gasteiger partial charge in [0.2, 0.25) is 0 Å². The van der Waals surface area contributed by atoms with Crippen molar-refractivity contribution in [3.63, 3.8) is 0 Å². The molecular formula is C16H12Cl2O. The Kier molecular flexibility index (Phi) is 3.50. The highest BCUT2D eigenvalue weighted by Crippen LogP contribution is 2.32. The van der Waals surface area contributed by atoms with E-state index in [9.17, 15) is 0 Å². The number of fused-ring (bicyclic) bond motifs is 1. The lowest BCUT2D eigenvalue weighted by Crippen LogP contribution is -1.95. The number of hydrogen-bond acceptors (Lipinski definition) is 1. The van der Waals surface area contributed by atoms with E-state index in [2.05, 4.69) is 30.3 Å². The van der Waals surface area contributed by atoms with Crippen LogP contribution in [0.25, 0.3) is 10.8 Å². The highest BCUT2D eigenvalue weighted by Gasteiger charge is 2.15. The van der Waals surface area contributed by atoms with Gasteiger partial charge in [0.1, 0.15) is 0 Å². The average Bonchev–Trinajstić information content (AvgIpc) is 2.85. The summed E-state index contributed by atoms with van der Waals surface area (Å²) in [5.41, 5.74) is 2.03. The second kappa shape index (κ2) is 5.28. The quantitative estimate of drug-likeness (QED) is 0.572. The fourth-order valence-corrected chi connectivity index (χ4v) is 2.86. The molecule has 1 unspecified atom stereocenters. The first-order valence-electron chi connectivity index (χ1n) is 6.08. The standard InChI is InChI=1S/C16H12Cl2O/c17-15(14-7-8-19-16(14)18)10-11-5-6-12-3-1-2-4-13(12)9-11/h1-9,15H,10H2. The second-order valence-corrected chi connectivity index (χ2v) is 5.37. The Morgan fingerprint density at radius 3 is 2.53 bits per heavy atom.